The Morgan fingerprint density at radius 1 is 0.742 bits per heavy atom. The molecule has 0 aromatic heterocycles. The predicted molar refractivity (Wildman–Crippen MR) is 116 cm³/mol. The molecule has 0 atom stereocenters. The van der Waals surface area contributed by atoms with Crippen LogP contribution in [0.3, 0.4) is 0 Å². The van der Waals surface area contributed by atoms with E-state index in [0.29, 0.717) is 10.9 Å². The van der Waals surface area contributed by atoms with Gasteiger partial charge in [-0.05, 0) is 64.9 Å². The summed E-state index contributed by atoms with van der Waals surface area (Å²) in [6, 6.07) is 21.7. The monoisotopic (exact) mass is 418 g/mol. The molecule has 0 nitrogen and oxygen atoms in total. The van der Waals surface area contributed by atoms with Crippen LogP contribution in [0.4, 0.5) is 17.6 Å². The van der Waals surface area contributed by atoms with E-state index in [4.69, 9.17) is 0 Å². The summed E-state index contributed by atoms with van der Waals surface area (Å²) in [6.45, 7) is 2.10. The van der Waals surface area contributed by atoms with Crippen molar-refractivity contribution in [3.05, 3.63) is 107 Å². The van der Waals surface area contributed by atoms with E-state index in [1.807, 2.05) is 12.1 Å². The van der Waals surface area contributed by atoms with Gasteiger partial charge in [0, 0.05) is 10.9 Å². The summed E-state index contributed by atoms with van der Waals surface area (Å²) in [4.78, 5) is 0. The number of benzene rings is 4. The molecule has 0 saturated heterocycles. The van der Waals surface area contributed by atoms with Gasteiger partial charge < -0.3 is 0 Å². The van der Waals surface area contributed by atoms with Crippen LogP contribution in [0.25, 0.3) is 21.9 Å². The molecule has 0 aliphatic carbocycles. The van der Waals surface area contributed by atoms with Crippen LogP contribution in [0, 0.1) is 17.7 Å². The van der Waals surface area contributed by atoms with E-state index in [0.717, 1.165) is 35.1 Å². The maximum atomic E-state index is 15.0. The lowest BCUT2D eigenvalue weighted by Gasteiger charge is -2.07. The lowest BCUT2D eigenvalue weighted by Crippen LogP contribution is -2.04. The average Bonchev–Trinajstić information content (AvgIpc) is 2.78. The van der Waals surface area contributed by atoms with E-state index >= 15 is 0 Å². The maximum absolute atomic E-state index is 15.0. The first-order valence-corrected chi connectivity index (χ1v) is 9.86. The molecule has 4 aromatic carbocycles. The molecule has 0 spiro atoms. The predicted octanol–water partition coefficient (Wildman–Crippen LogP) is 7.63. The molecule has 0 amide bonds. The molecular weight excluding hydrogens is 400 g/mol. The largest absolute Gasteiger partial charge is 0.416 e. The number of rotatable bonds is 2. The summed E-state index contributed by atoms with van der Waals surface area (Å²) in [6.07, 6.45) is -3.42. The van der Waals surface area contributed by atoms with Gasteiger partial charge in [-0.25, -0.2) is 4.39 Å². The summed E-state index contributed by atoms with van der Waals surface area (Å²) >= 11 is 0. The second-order valence-corrected chi connectivity index (χ2v) is 7.24. The zero-order valence-electron chi connectivity index (χ0n) is 16.7. The van der Waals surface area contributed by atoms with Gasteiger partial charge >= 0.3 is 6.18 Å². The summed E-state index contributed by atoms with van der Waals surface area (Å²) in [5, 5.41) is 1.21. The lowest BCUT2D eigenvalue weighted by atomic mass is 9.98. The Balaban J connectivity index is 1.63. The summed E-state index contributed by atoms with van der Waals surface area (Å²) < 4.78 is 52.9. The van der Waals surface area contributed by atoms with Gasteiger partial charge in [0.25, 0.3) is 0 Å². The Hall–Kier alpha value is -3.58. The fourth-order valence-electron chi connectivity index (χ4n) is 3.38. The second kappa shape index (κ2) is 8.28. The molecule has 4 aromatic rings. The number of aryl methyl sites for hydroxylation is 1. The molecule has 0 heterocycles. The third kappa shape index (κ3) is 4.46. The van der Waals surface area contributed by atoms with Gasteiger partial charge in [0.15, 0.2) is 0 Å². The molecule has 154 valence electrons. The van der Waals surface area contributed by atoms with Crippen molar-refractivity contribution < 1.29 is 17.6 Å². The molecule has 0 aliphatic heterocycles. The van der Waals surface area contributed by atoms with E-state index in [1.54, 1.807) is 18.2 Å². The van der Waals surface area contributed by atoms with E-state index in [9.17, 15) is 17.6 Å². The van der Waals surface area contributed by atoms with Crippen LogP contribution in [-0.2, 0) is 12.6 Å². The Bertz CT molecular complexity index is 1290. The quantitative estimate of drug-likeness (QED) is 0.232. The first-order valence-electron chi connectivity index (χ1n) is 9.86. The number of hydrogen-bond donors (Lipinski definition) is 0. The Kier molecular flexibility index (Phi) is 5.52. The van der Waals surface area contributed by atoms with Crippen LogP contribution in [0.15, 0.2) is 78.9 Å². The van der Waals surface area contributed by atoms with Crippen molar-refractivity contribution in [2.75, 3.05) is 0 Å². The number of fused-ring (bicyclic) bond motifs is 1. The van der Waals surface area contributed by atoms with Gasteiger partial charge in [-0.15, -0.1) is 0 Å². The van der Waals surface area contributed by atoms with Gasteiger partial charge in [-0.1, -0.05) is 61.2 Å². The van der Waals surface area contributed by atoms with Gasteiger partial charge in [-0.3, -0.25) is 0 Å². The molecule has 0 N–H and O–H groups in total. The topological polar surface area (TPSA) is 0 Å². The van der Waals surface area contributed by atoms with Crippen LogP contribution in [-0.4, -0.2) is 0 Å². The highest BCUT2D eigenvalue weighted by Gasteiger charge is 2.29. The third-order valence-corrected chi connectivity index (χ3v) is 5.20. The minimum Gasteiger partial charge on any atom is -0.205 e. The number of hydrogen-bond acceptors (Lipinski definition) is 0. The van der Waals surface area contributed by atoms with Crippen molar-refractivity contribution in [2.24, 2.45) is 0 Å². The van der Waals surface area contributed by atoms with Crippen molar-refractivity contribution in [1.29, 1.82) is 0 Å². The van der Waals surface area contributed by atoms with E-state index in [-0.39, 0.29) is 5.56 Å². The Morgan fingerprint density at radius 2 is 1.42 bits per heavy atom. The van der Waals surface area contributed by atoms with Gasteiger partial charge in [-0.2, -0.15) is 13.2 Å². The van der Waals surface area contributed by atoms with Crippen LogP contribution in [0.2, 0.25) is 0 Å². The first kappa shape index (κ1) is 20.7. The van der Waals surface area contributed by atoms with E-state index in [1.165, 1.54) is 17.7 Å². The Morgan fingerprint density at radius 3 is 2.06 bits per heavy atom. The molecule has 4 rings (SSSR count). The van der Waals surface area contributed by atoms with Crippen molar-refractivity contribution in [3.8, 4) is 23.0 Å². The molecule has 0 bridgehead atoms. The molecule has 0 unspecified atom stereocenters. The van der Waals surface area contributed by atoms with Crippen molar-refractivity contribution in [1.82, 2.24) is 0 Å². The lowest BCUT2D eigenvalue weighted by molar-refractivity contribution is -0.137. The van der Waals surface area contributed by atoms with Crippen molar-refractivity contribution >= 4 is 10.8 Å². The standard InChI is InChI=1S/C27H18F4/c1-2-18-3-8-20(9-4-18)22-13-16-25-23(17-22)12-11-21(26(25)28)10-5-19-6-14-24(15-7-19)27(29,30)31/h3-4,6-9,11-17H,2H2,1H3. The van der Waals surface area contributed by atoms with Gasteiger partial charge in [0.2, 0.25) is 0 Å². The summed E-state index contributed by atoms with van der Waals surface area (Å²) in [5.41, 5.74) is 3.16. The molecule has 0 aliphatic rings. The van der Waals surface area contributed by atoms with Crippen molar-refractivity contribution in [3.63, 3.8) is 0 Å². The smallest absolute Gasteiger partial charge is 0.205 e. The van der Waals surface area contributed by atoms with Crippen LogP contribution in [0.1, 0.15) is 29.2 Å². The van der Waals surface area contributed by atoms with E-state index < -0.39 is 17.6 Å². The molecular formula is C27H18F4. The highest BCUT2D eigenvalue weighted by atomic mass is 19.4. The normalized spacial score (nSPS) is 11.3. The Labute approximate surface area is 178 Å². The average molecular weight is 418 g/mol. The van der Waals surface area contributed by atoms with Gasteiger partial charge in [0.05, 0.1) is 11.1 Å². The third-order valence-electron chi connectivity index (χ3n) is 5.20. The minimum atomic E-state index is -4.40. The molecule has 0 saturated carbocycles. The fourth-order valence-corrected chi connectivity index (χ4v) is 3.38. The molecule has 4 heteroatoms. The van der Waals surface area contributed by atoms with Crippen LogP contribution >= 0.6 is 0 Å². The SMILES string of the molecule is CCc1ccc(-c2ccc3c(F)c(C#Cc4ccc(C(F)(F)F)cc4)ccc3c2)cc1. The van der Waals surface area contributed by atoms with Crippen LogP contribution in [0.5, 0.6) is 0 Å². The summed E-state index contributed by atoms with van der Waals surface area (Å²) in [7, 11) is 0. The molecule has 31 heavy (non-hydrogen) atoms. The van der Waals surface area contributed by atoms with Gasteiger partial charge in [0.1, 0.15) is 5.82 Å². The fraction of sp³-hybridized carbons (Fsp3) is 0.111. The minimum absolute atomic E-state index is 0.201. The number of alkyl halides is 3. The highest BCUT2D eigenvalue weighted by Crippen LogP contribution is 2.29. The molecule has 0 fully saturated rings. The number of halogens is 4. The summed E-state index contributed by atoms with van der Waals surface area (Å²) in [5.74, 6) is 5.03. The zero-order valence-corrected chi connectivity index (χ0v) is 16.7. The van der Waals surface area contributed by atoms with Crippen LogP contribution < -0.4 is 0 Å². The zero-order chi connectivity index (χ0) is 22.0. The maximum Gasteiger partial charge on any atom is 0.416 e. The van der Waals surface area contributed by atoms with Crippen molar-refractivity contribution in [2.45, 2.75) is 19.5 Å². The highest BCUT2D eigenvalue weighted by molar-refractivity contribution is 5.89. The first-order chi connectivity index (χ1) is 14.8. The van der Waals surface area contributed by atoms with E-state index in [2.05, 4.69) is 43.0 Å². The second-order valence-electron chi connectivity index (χ2n) is 7.24. The molecule has 0 radical (unpaired) electrons.